The summed E-state index contributed by atoms with van der Waals surface area (Å²) in [4.78, 5) is 16.2. The number of carbonyl (C=O) groups excluding carboxylic acids is 1. The van der Waals surface area contributed by atoms with Crippen LogP contribution in [0.4, 0.5) is 0 Å². The molecule has 1 aliphatic heterocycles. The van der Waals surface area contributed by atoms with Crippen molar-refractivity contribution in [3.63, 3.8) is 0 Å². The van der Waals surface area contributed by atoms with E-state index in [-0.39, 0.29) is 5.91 Å². The first kappa shape index (κ1) is 17.1. The topological polar surface area (TPSA) is 50.4 Å². The maximum atomic E-state index is 12.4. The third-order valence-electron chi connectivity index (χ3n) is 4.75. The van der Waals surface area contributed by atoms with Gasteiger partial charge in [-0.25, -0.2) is 0 Å². The Balaban J connectivity index is 1.40. The highest BCUT2D eigenvalue weighted by atomic mass is 32.1. The van der Waals surface area contributed by atoms with Crippen molar-refractivity contribution >= 4 is 17.2 Å². The summed E-state index contributed by atoms with van der Waals surface area (Å²) in [5.41, 5.74) is 1.32. The molecule has 0 spiro atoms. The molecule has 0 saturated carbocycles. The van der Waals surface area contributed by atoms with Gasteiger partial charge in [-0.1, -0.05) is 6.07 Å². The summed E-state index contributed by atoms with van der Waals surface area (Å²) in [5, 5.41) is 5.09. The van der Waals surface area contributed by atoms with Gasteiger partial charge in [0.1, 0.15) is 5.76 Å². The molecule has 1 aliphatic rings. The van der Waals surface area contributed by atoms with Crippen molar-refractivity contribution in [1.29, 1.82) is 0 Å². The van der Waals surface area contributed by atoms with Crippen molar-refractivity contribution in [2.75, 3.05) is 6.54 Å². The van der Waals surface area contributed by atoms with E-state index < -0.39 is 0 Å². The molecule has 4 rings (SSSR count). The van der Waals surface area contributed by atoms with E-state index in [1.54, 1.807) is 17.6 Å². The van der Waals surface area contributed by atoms with E-state index >= 15 is 0 Å². The van der Waals surface area contributed by atoms with Crippen molar-refractivity contribution in [2.24, 2.45) is 5.92 Å². The zero-order chi connectivity index (χ0) is 17.8. The van der Waals surface area contributed by atoms with Gasteiger partial charge in [-0.2, -0.15) is 0 Å². The number of hydrogen-bond acceptors (Lipinski definition) is 4. The molecule has 1 atom stereocenters. The highest BCUT2D eigenvalue weighted by Crippen LogP contribution is 2.22. The molecule has 0 radical (unpaired) electrons. The number of fused-ring (bicyclic) bond motifs is 1. The minimum absolute atomic E-state index is 0.0816. The van der Waals surface area contributed by atoms with Crippen LogP contribution in [0.5, 0.6) is 0 Å². The Morgan fingerprint density at radius 1 is 1.23 bits per heavy atom. The first-order chi connectivity index (χ1) is 12.8. The second-order valence-electron chi connectivity index (χ2n) is 6.83. The predicted molar refractivity (Wildman–Crippen MR) is 102 cm³/mol. The molecule has 136 valence electrons. The Kier molecular flexibility index (Phi) is 5.22. The third kappa shape index (κ3) is 4.26. The Hall–Kier alpha value is -2.31. The number of rotatable bonds is 6. The molecule has 0 unspecified atom stereocenters. The van der Waals surface area contributed by atoms with Crippen LogP contribution < -0.4 is 5.32 Å². The molecule has 3 aromatic heterocycles. The second-order valence-corrected chi connectivity index (χ2v) is 7.86. The van der Waals surface area contributed by atoms with Gasteiger partial charge in [-0.15, -0.1) is 11.3 Å². The highest BCUT2D eigenvalue weighted by Gasteiger charge is 2.23. The monoisotopic (exact) mass is 369 g/mol. The summed E-state index contributed by atoms with van der Waals surface area (Å²) >= 11 is 1.79. The molecule has 1 amide bonds. The van der Waals surface area contributed by atoms with E-state index in [0.29, 0.717) is 18.9 Å². The van der Waals surface area contributed by atoms with Gasteiger partial charge in [0.15, 0.2) is 0 Å². The number of nitrogens with zero attached hydrogens (tertiary/aromatic N) is 2. The molecule has 1 N–H and O–H groups in total. The molecule has 26 heavy (non-hydrogen) atoms. The van der Waals surface area contributed by atoms with Gasteiger partial charge >= 0.3 is 0 Å². The number of thiophene rings is 1. The summed E-state index contributed by atoms with van der Waals surface area (Å²) in [6.45, 7) is 4.13. The molecule has 0 fully saturated rings. The molecular weight excluding hydrogens is 346 g/mol. The number of furan rings is 1. The van der Waals surface area contributed by atoms with Crippen molar-refractivity contribution < 1.29 is 9.21 Å². The van der Waals surface area contributed by atoms with Crippen molar-refractivity contribution in [3.05, 3.63) is 70.6 Å². The van der Waals surface area contributed by atoms with Gasteiger partial charge in [-0.3, -0.25) is 9.69 Å². The Labute approximate surface area is 157 Å². The van der Waals surface area contributed by atoms with E-state index in [1.165, 1.54) is 10.6 Å². The lowest BCUT2D eigenvalue weighted by Crippen LogP contribution is -2.32. The Morgan fingerprint density at radius 2 is 2.19 bits per heavy atom. The van der Waals surface area contributed by atoms with Crippen LogP contribution in [0.25, 0.3) is 0 Å². The maximum Gasteiger partial charge on any atom is 0.220 e. The van der Waals surface area contributed by atoms with Crippen LogP contribution in [-0.2, 0) is 31.0 Å². The zero-order valence-electron chi connectivity index (χ0n) is 14.6. The first-order valence-electron chi connectivity index (χ1n) is 8.94. The molecule has 0 bridgehead atoms. The van der Waals surface area contributed by atoms with E-state index in [4.69, 9.17) is 4.42 Å². The summed E-state index contributed by atoms with van der Waals surface area (Å²) in [7, 11) is 0. The van der Waals surface area contributed by atoms with Crippen molar-refractivity contribution in [1.82, 2.24) is 14.8 Å². The van der Waals surface area contributed by atoms with Crippen LogP contribution in [0.3, 0.4) is 0 Å². The fraction of sp³-hybridized carbons (Fsp3) is 0.350. The quantitative estimate of drug-likeness (QED) is 0.724. The van der Waals surface area contributed by atoms with Crippen LogP contribution in [0.1, 0.15) is 22.8 Å². The van der Waals surface area contributed by atoms with Crippen LogP contribution in [0.15, 0.2) is 58.7 Å². The standard InChI is InChI=1S/C20H23N3O2S/c24-20(21-11-18-5-2-8-25-18)10-16-12-22(15-19-6-3-9-26-19)14-17-4-1-7-23(17)13-16/h1-9,16H,10-15H2,(H,21,24)/t16-/m1/s1. The molecule has 0 aromatic carbocycles. The van der Waals surface area contributed by atoms with Crippen LogP contribution in [0.2, 0.25) is 0 Å². The molecular formula is C20H23N3O2S. The highest BCUT2D eigenvalue weighted by molar-refractivity contribution is 7.09. The van der Waals surface area contributed by atoms with Gasteiger partial charge in [0.2, 0.25) is 5.91 Å². The lowest BCUT2D eigenvalue weighted by Gasteiger charge is -2.23. The average Bonchev–Trinajstić information content (AvgIpc) is 3.36. The molecule has 6 heteroatoms. The molecule has 0 aliphatic carbocycles. The molecule has 0 saturated heterocycles. The molecule has 5 nitrogen and oxygen atoms in total. The number of aromatic nitrogens is 1. The first-order valence-corrected chi connectivity index (χ1v) is 9.82. The fourth-order valence-corrected chi connectivity index (χ4v) is 4.32. The normalized spacial score (nSPS) is 17.6. The SMILES string of the molecule is O=C(C[C@@H]1CN(Cc2cccs2)Cc2cccn2C1)NCc1ccco1. The van der Waals surface area contributed by atoms with Crippen molar-refractivity contribution in [3.8, 4) is 0 Å². The van der Waals surface area contributed by atoms with E-state index in [2.05, 4.69) is 50.6 Å². The number of amides is 1. The summed E-state index contributed by atoms with van der Waals surface area (Å²) in [5.74, 6) is 1.16. The number of hydrogen-bond donors (Lipinski definition) is 1. The van der Waals surface area contributed by atoms with Crippen molar-refractivity contribution in [2.45, 2.75) is 32.6 Å². The van der Waals surface area contributed by atoms with Gasteiger partial charge in [0, 0.05) is 49.4 Å². The number of nitrogens with one attached hydrogen (secondary N) is 1. The van der Waals surface area contributed by atoms with Gasteiger partial charge in [-0.05, 0) is 41.6 Å². The van der Waals surface area contributed by atoms with Crippen LogP contribution in [0, 0.1) is 5.92 Å². The minimum atomic E-state index is 0.0816. The lowest BCUT2D eigenvalue weighted by molar-refractivity contribution is -0.122. The van der Waals surface area contributed by atoms with Gasteiger partial charge in [0.05, 0.1) is 12.8 Å². The minimum Gasteiger partial charge on any atom is -0.467 e. The van der Waals surface area contributed by atoms with E-state index in [1.807, 2.05) is 12.1 Å². The molecule has 4 heterocycles. The van der Waals surface area contributed by atoms with E-state index in [0.717, 1.165) is 31.9 Å². The Morgan fingerprint density at radius 3 is 3.00 bits per heavy atom. The van der Waals surface area contributed by atoms with Crippen LogP contribution >= 0.6 is 11.3 Å². The van der Waals surface area contributed by atoms with Crippen LogP contribution in [-0.4, -0.2) is 21.9 Å². The fourth-order valence-electron chi connectivity index (χ4n) is 3.57. The summed E-state index contributed by atoms with van der Waals surface area (Å²) < 4.78 is 7.57. The van der Waals surface area contributed by atoms with E-state index in [9.17, 15) is 4.79 Å². The Bertz CT molecular complexity index is 823. The maximum absolute atomic E-state index is 12.4. The van der Waals surface area contributed by atoms with Gasteiger partial charge in [0.25, 0.3) is 0 Å². The number of carbonyl (C=O) groups is 1. The largest absolute Gasteiger partial charge is 0.467 e. The van der Waals surface area contributed by atoms with Gasteiger partial charge < -0.3 is 14.3 Å². The lowest BCUT2D eigenvalue weighted by atomic mass is 10.0. The molecule has 3 aromatic rings. The third-order valence-corrected chi connectivity index (χ3v) is 5.62. The summed E-state index contributed by atoms with van der Waals surface area (Å²) in [6, 6.07) is 12.3. The second kappa shape index (κ2) is 7.93. The average molecular weight is 369 g/mol. The predicted octanol–water partition coefficient (Wildman–Crippen LogP) is 3.48. The summed E-state index contributed by atoms with van der Waals surface area (Å²) in [6.07, 6.45) is 4.28. The zero-order valence-corrected chi connectivity index (χ0v) is 15.5. The smallest absolute Gasteiger partial charge is 0.220 e.